The molecule has 0 fully saturated rings. The number of hydrogen-bond acceptors (Lipinski definition) is 3. The molecule has 0 saturated heterocycles. The third kappa shape index (κ3) is 3.30. The smallest absolute Gasteiger partial charge is 0.134 e. The Bertz CT molecular complexity index is 293. The van der Waals surface area contributed by atoms with Crippen molar-refractivity contribution >= 4 is 5.78 Å². The number of hydrogen-bond donors (Lipinski definition) is 1. The van der Waals surface area contributed by atoms with Crippen LogP contribution in [0.15, 0.2) is 12.4 Å². The van der Waals surface area contributed by atoms with Crippen LogP contribution in [0.25, 0.3) is 0 Å². The molecule has 1 rings (SSSR count). The number of nitrogens with one attached hydrogen (secondary N) is 1. The lowest BCUT2D eigenvalue weighted by atomic mass is 10.1. The lowest BCUT2D eigenvalue weighted by Crippen LogP contribution is -2.13. The SMILES string of the molecule is CNCCC(=O)CCc1nccn1C. The number of rotatable bonds is 6. The molecule has 0 aliphatic rings. The molecule has 0 unspecified atom stereocenters. The van der Waals surface area contributed by atoms with Gasteiger partial charge in [-0.25, -0.2) is 4.98 Å². The first-order valence-corrected chi connectivity index (χ1v) is 4.86. The molecule has 0 aromatic carbocycles. The first-order valence-electron chi connectivity index (χ1n) is 4.86. The number of aromatic nitrogens is 2. The standard InChI is InChI=1S/C10H17N3O/c1-11-6-5-9(14)3-4-10-12-7-8-13(10)2/h7-8,11H,3-6H2,1-2H3. The second kappa shape index (κ2) is 5.54. The van der Waals surface area contributed by atoms with Crippen molar-refractivity contribution in [3.05, 3.63) is 18.2 Å². The van der Waals surface area contributed by atoms with Crippen molar-refractivity contribution in [2.45, 2.75) is 19.3 Å². The molecular weight excluding hydrogens is 178 g/mol. The van der Waals surface area contributed by atoms with E-state index in [1.165, 1.54) is 0 Å². The van der Waals surface area contributed by atoms with Crippen LogP contribution in [0.1, 0.15) is 18.7 Å². The van der Waals surface area contributed by atoms with E-state index in [2.05, 4.69) is 10.3 Å². The van der Waals surface area contributed by atoms with Crippen LogP contribution in [0.2, 0.25) is 0 Å². The normalized spacial score (nSPS) is 10.4. The minimum Gasteiger partial charge on any atom is -0.338 e. The number of carbonyl (C=O) groups is 1. The summed E-state index contributed by atoms with van der Waals surface area (Å²) in [7, 11) is 3.80. The maximum Gasteiger partial charge on any atom is 0.134 e. The third-order valence-electron chi connectivity index (χ3n) is 2.20. The van der Waals surface area contributed by atoms with Crippen LogP contribution in [-0.4, -0.2) is 28.9 Å². The zero-order valence-electron chi connectivity index (χ0n) is 8.79. The number of aryl methyl sites for hydroxylation is 2. The van der Waals surface area contributed by atoms with Crippen LogP contribution in [0, 0.1) is 0 Å². The van der Waals surface area contributed by atoms with Crippen LogP contribution >= 0.6 is 0 Å². The summed E-state index contributed by atoms with van der Waals surface area (Å²) in [6.45, 7) is 0.763. The summed E-state index contributed by atoms with van der Waals surface area (Å²) in [6, 6.07) is 0. The van der Waals surface area contributed by atoms with Crippen molar-refractivity contribution in [2.24, 2.45) is 7.05 Å². The number of nitrogens with zero attached hydrogens (tertiary/aromatic N) is 2. The molecule has 0 aliphatic carbocycles. The molecule has 4 heteroatoms. The van der Waals surface area contributed by atoms with Crippen molar-refractivity contribution in [2.75, 3.05) is 13.6 Å². The van der Waals surface area contributed by atoms with Crippen molar-refractivity contribution in [3.63, 3.8) is 0 Å². The van der Waals surface area contributed by atoms with E-state index in [4.69, 9.17) is 0 Å². The van der Waals surface area contributed by atoms with Gasteiger partial charge in [0, 0.05) is 45.2 Å². The van der Waals surface area contributed by atoms with Gasteiger partial charge in [0.2, 0.25) is 0 Å². The van der Waals surface area contributed by atoms with Crippen LogP contribution in [0.4, 0.5) is 0 Å². The topological polar surface area (TPSA) is 46.9 Å². The fraction of sp³-hybridized carbons (Fsp3) is 0.600. The minimum absolute atomic E-state index is 0.294. The van der Waals surface area contributed by atoms with E-state index in [0.717, 1.165) is 18.8 Å². The fourth-order valence-corrected chi connectivity index (χ4v) is 1.28. The maximum atomic E-state index is 11.3. The first-order chi connectivity index (χ1) is 6.74. The van der Waals surface area contributed by atoms with E-state index in [0.29, 0.717) is 18.6 Å². The van der Waals surface area contributed by atoms with E-state index in [1.807, 2.05) is 24.9 Å². The molecular formula is C10H17N3O. The molecule has 1 aromatic heterocycles. The minimum atomic E-state index is 0.294. The van der Waals surface area contributed by atoms with Gasteiger partial charge in [-0.3, -0.25) is 4.79 Å². The Kier molecular flexibility index (Phi) is 4.32. The van der Waals surface area contributed by atoms with Crippen LogP contribution in [-0.2, 0) is 18.3 Å². The Morgan fingerprint density at radius 3 is 2.93 bits per heavy atom. The van der Waals surface area contributed by atoms with Gasteiger partial charge in [-0.2, -0.15) is 0 Å². The number of ketones is 1. The molecule has 0 radical (unpaired) electrons. The molecule has 0 aliphatic heterocycles. The van der Waals surface area contributed by atoms with Gasteiger partial charge in [-0.15, -0.1) is 0 Å². The van der Waals surface area contributed by atoms with Crippen LogP contribution in [0.3, 0.4) is 0 Å². The van der Waals surface area contributed by atoms with Gasteiger partial charge in [0.25, 0.3) is 0 Å². The van der Waals surface area contributed by atoms with Gasteiger partial charge >= 0.3 is 0 Å². The molecule has 0 spiro atoms. The van der Waals surface area contributed by atoms with Crippen molar-refractivity contribution < 1.29 is 4.79 Å². The van der Waals surface area contributed by atoms with E-state index < -0.39 is 0 Å². The molecule has 1 aromatic rings. The quantitative estimate of drug-likeness (QED) is 0.720. The highest BCUT2D eigenvalue weighted by molar-refractivity contribution is 5.78. The molecule has 1 heterocycles. The van der Waals surface area contributed by atoms with Gasteiger partial charge in [-0.05, 0) is 7.05 Å². The second-order valence-electron chi connectivity index (χ2n) is 3.35. The number of imidazole rings is 1. The summed E-state index contributed by atoms with van der Waals surface area (Å²) >= 11 is 0. The van der Waals surface area contributed by atoms with E-state index in [9.17, 15) is 4.79 Å². The van der Waals surface area contributed by atoms with Crippen molar-refractivity contribution in [1.82, 2.24) is 14.9 Å². The first kappa shape index (κ1) is 10.9. The average molecular weight is 195 g/mol. The summed E-state index contributed by atoms with van der Waals surface area (Å²) in [5.41, 5.74) is 0. The maximum absolute atomic E-state index is 11.3. The van der Waals surface area contributed by atoms with Gasteiger partial charge < -0.3 is 9.88 Å². The summed E-state index contributed by atoms with van der Waals surface area (Å²) in [5, 5.41) is 2.96. The highest BCUT2D eigenvalue weighted by atomic mass is 16.1. The van der Waals surface area contributed by atoms with E-state index in [1.54, 1.807) is 6.20 Å². The number of Topliss-reactive ketones (excluding diaryl/α,β-unsaturated/α-hetero) is 1. The highest BCUT2D eigenvalue weighted by Gasteiger charge is 2.04. The lowest BCUT2D eigenvalue weighted by molar-refractivity contribution is -0.118. The predicted molar refractivity (Wildman–Crippen MR) is 55.1 cm³/mol. The second-order valence-corrected chi connectivity index (χ2v) is 3.35. The third-order valence-corrected chi connectivity index (χ3v) is 2.20. The van der Waals surface area contributed by atoms with E-state index in [-0.39, 0.29) is 0 Å². The van der Waals surface area contributed by atoms with Gasteiger partial charge in [0.05, 0.1) is 0 Å². The van der Waals surface area contributed by atoms with Crippen molar-refractivity contribution in [3.8, 4) is 0 Å². The Labute approximate surface area is 84.3 Å². The molecule has 0 saturated carbocycles. The zero-order chi connectivity index (χ0) is 10.4. The molecule has 4 nitrogen and oxygen atoms in total. The monoisotopic (exact) mass is 195 g/mol. The highest BCUT2D eigenvalue weighted by Crippen LogP contribution is 2.00. The zero-order valence-corrected chi connectivity index (χ0v) is 8.79. The Morgan fingerprint density at radius 1 is 1.57 bits per heavy atom. The molecule has 0 bridgehead atoms. The Balaban J connectivity index is 2.27. The van der Waals surface area contributed by atoms with Crippen LogP contribution < -0.4 is 5.32 Å². The Morgan fingerprint density at radius 2 is 2.36 bits per heavy atom. The molecule has 1 N–H and O–H groups in total. The molecule has 0 amide bonds. The lowest BCUT2D eigenvalue weighted by Gasteiger charge is -2.01. The fourth-order valence-electron chi connectivity index (χ4n) is 1.28. The summed E-state index contributed by atoms with van der Waals surface area (Å²) in [6.07, 6.45) is 5.60. The van der Waals surface area contributed by atoms with E-state index >= 15 is 0 Å². The van der Waals surface area contributed by atoms with Crippen LogP contribution in [0.5, 0.6) is 0 Å². The predicted octanol–water partition coefficient (Wildman–Crippen LogP) is 0.531. The summed E-state index contributed by atoms with van der Waals surface area (Å²) < 4.78 is 1.95. The molecule has 14 heavy (non-hydrogen) atoms. The molecule has 78 valence electrons. The van der Waals surface area contributed by atoms with Gasteiger partial charge in [0.1, 0.15) is 11.6 Å². The summed E-state index contributed by atoms with van der Waals surface area (Å²) in [4.78, 5) is 15.5. The number of carbonyl (C=O) groups excluding carboxylic acids is 1. The average Bonchev–Trinajstić information content (AvgIpc) is 2.58. The van der Waals surface area contributed by atoms with Gasteiger partial charge in [-0.1, -0.05) is 0 Å². The largest absolute Gasteiger partial charge is 0.338 e. The Hall–Kier alpha value is -1.16. The van der Waals surface area contributed by atoms with Gasteiger partial charge in [0.15, 0.2) is 0 Å². The molecule has 0 atom stereocenters. The van der Waals surface area contributed by atoms with Crippen molar-refractivity contribution in [1.29, 1.82) is 0 Å². The summed E-state index contributed by atoms with van der Waals surface area (Å²) in [5.74, 6) is 1.27.